The molecule has 0 aliphatic heterocycles. The third kappa shape index (κ3) is 4.92. The number of methoxy groups -OCH3 is 1. The molecule has 2 nitrogen and oxygen atoms in total. The Morgan fingerprint density at radius 1 is 1.16 bits per heavy atom. The molecule has 0 unspecified atom stereocenters. The average Bonchev–Trinajstić information content (AvgIpc) is 2.75. The largest absolute Gasteiger partial charge is 0.493 e. The van der Waals surface area contributed by atoms with Crippen molar-refractivity contribution in [3.63, 3.8) is 0 Å². The molecule has 2 aromatic rings. The fourth-order valence-corrected chi connectivity index (χ4v) is 5.73. The molecule has 1 fully saturated rings. The Morgan fingerprint density at radius 2 is 1.81 bits per heavy atom. The van der Waals surface area contributed by atoms with Gasteiger partial charge >= 0.3 is 0 Å². The second-order valence-corrected chi connectivity index (χ2v) is 10.7. The van der Waals surface area contributed by atoms with Crippen molar-refractivity contribution in [2.45, 2.75) is 89.6 Å². The molecule has 32 heavy (non-hydrogen) atoms. The van der Waals surface area contributed by atoms with Gasteiger partial charge in [-0.05, 0) is 60.3 Å². The molecule has 0 atom stereocenters. The SMILES string of the molecule is COc1c(C(C)C)cc(Cl)c(COc2c(S)ccc(C(C)(C)C3CCCCC3)c2C)c1F. The molecule has 3 rings (SSSR count). The zero-order valence-electron chi connectivity index (χ0n) is 20.1. The van der Waals surface area contributed by atoms with E-state index in [9.17, 15) is 0 Å². The quantitative estimate of drug-likeness (QED) is 0.401. The van der Waals surface area contributed by atoms with Crippen LogP contribution < -0.4 is 9.47 Å². The van der Waals surface area contributed by atoms with Gasteiger partial charge in [0, 0.05) is 16.0 Å². The lowest BCUT2D eigenvalue weighted by Gasteiger charge is -2.39. The molecule has 0 bridgehead atoms. The topological polar surface area (TPSA) is 18.5 Å². The van der Waals surface area contributed by atoms with Gasteiger partial charge in [0.25, 0.3) is 0 Å². The van der Waals surface area contributed by atoms with Gasteiger partial charge in [0.15, 0.2) is 11.6 Å². The van der Waals surface area contributed by atoms with Crippen LogP contribution in [0.2, 0.25) is 5.02 Å². The van der Waals surface area contributed by atoms with E-state index in [1.807, 2.05) is 19.9 Å². The second kappa shape index (κ2) is 10.3. The lowest BCUT2D eigenvalue weighted by molar-refractivity contribution is 0.233. The van der Waals surface area contributed by atoms with Crippen LogP contribution in [0, 0.1) is 18.7 Å². The first kappa shape index (κ1) is 25.2. The summed E-state index contributed by atoms with van der Waals surface area (Å²) < 4.78 is 26.8. The highest BCUT2D eigenvalue weighted by atomic mass is 35.5. The molecule has 1 aliphatic rings. The van der Waals surface area contributed by atoms with Gasteiger partial charge in [-0.2, -0.15) is 0 Å². The lowest BCUT2D eigenvalue weighted by atomic mass is 9.66. The maximum absolute atomic E-state index is 15.3. The minimum atomic E-state index is -0.458. The summed E-state index contributed by atoms with van der Waals surface area (Å²) in [5.41, 5.74) is 3.43. The predicted octanol–water partition coefficient (Wildman–Crippen LogP) is 8.65. The van der Waals surface area contributed by atoms with Gasteiger partial charge in [0.1, 0.15) is 12.4 Å². The summed E-state index contributed by atoms with van der Waals surface area (Å²) in [5.74, 6) is 1.21. The van der Waals surface area contributed by atoms with E-state index in [2.05, 4.69) is 39.5 Å². The molecule has 0 spiro atoms. The third-order valence-electron chi connectivity index (χ3n) is 7.19. The maximum atomic E-state index is 15.3. The molecule has 0 N–H and O–H groups in total. The van der Waals surface area contributed by atoms with E-state index >= 15 is 4.39 Å². The molecule has 0 heterocycles. The van der Waals surface area contributed by atoms with E-state index in [1.165, 1.54) is 44.8 Å². The van der Waals surface area contributed by atoms with Gasteiger partial charge in [-0.3, -0.25) is 0 Å². The summed E-state index contributed by atoms with van der Waals surface area (Å²) in [6, 6.07) is 5.95. The zero-order chi connectivity index (χ0) is 23.6. The monoisotopic (exact) mass is 478 g/mol. The smallest absolute Gasteiger partial charge is 0.173 e. The van der Waals surface area contributed by atoms with Crippen molar-refractivity contribution in [3.8, 4) is 11.5 Å². The number of ether oxygens (including phenoxy) is 2. The van der Waals surface area contributed by atoms with Gasteiger partial charge in [-0.25, -0.2) is 4.39 Å². The van der Waals surface area contributed by atoms with Crippen LogP contribution in [0.1, 0.15) is 88.0 Å². The Balaban J connectivity index is 1.93. The van der Waals surface area contributed by atoms with Gasteiger partial charge in [0.05, 0.1) is 12.1 Å². The number of thiol groups is 1. The van der Waals surface area contributed by atoms with Crippen LogP contribution in [0.5, 0.6) is 11.5 Å². The molecular weight excluding hydrogens is 443 g/mol. The van der Waals surface area contributed by atoms with Crippen LogP contribution in [0.15, 0.2) is 23.1 Å². The summed E-state index contributed by atoms with van der Waals surface area (Å²) in [5, 5.41) is 0.351. The first-order chi connectivity index (χ1) is 15.1. The summed E-state index contributed by atoms with van der Waals surface area (Å²) in [6.07, 6.45) is 6.45. The predicted molar refractivity (Wildman–Crippen MR) is 134 cm³/mol. The van der Waals surface area contributed by atoms with Crippen molar-refractivity contribution in [1.29, 1.82) is 0 Å². The molecule has 1 aliphatic carbocycles. The van der Waals surface area contributed by atoms with Gasteiger partial charge in [-0.15, -0.1) is 12.6 Å². The molecule has 0 aromatic heterocycles. The minimum Gasteiger partial charge on any atom is -0.493 e. The molecule has 1 saturated carbocycles. The van der Waals surface area contributed by atoms with Crippen LogP contribution in [-0.2, 0) is 12.0 Å². The van der Waals surface area contributed by atoms with Crippen molar-refractivity contribution in [1.82, 2.24) is 0 Å². The van der Waals surface area contributed by atoms with Gasteiger partial charge < -0.3 is 9.47 Å². The normalized spacial score (nSPS) is 15.3. The lowest BCUT2D eigenvalue weighted by Crippen LogP contribution is -2.31. The Kier molecular flexibility index (Phi) is 8.09. The van der Waals surface area contributed by atoms with E-state index in [4.69, 9.17) is 21.1 Å². The fraction of sp³-hybridized carbons (Fsp3) is 0.556. The minimum absolute atomic E-state index is 0.0150. The molecule has 0 amide bonds. The van der Waals surface area contributed by atoms with E-state index < -0.39 is 5.82 Å². The summed E-state index contributed by atoms with van der Waals surface area (Å²) in [7, 11) is 1.48. The standard InChI is InChI=1S/C27H36ClFO2S/c1-16(2)19-14-22(28)20(24(29)26(19)30-6)15-31-25-17(3)21(12-13-23(25)32)27(4,5)18-10-8-7-9-11-18/h12-14,16,18,32H,7-11,15H2,1-6H3. The summed E-state index contributed by atoms with van der Waals surface area (Å²) in [6.45, 7) is 10.7. The van der Waals surface area contributed by atoms with Crippen molar-refractivity contribution in [2.24, 2.45) is 5.92 Å². The third-order valence-corrected chi connectivity index (χ3v) is 7.88. The van der Waals surface area contributed by atoms with Crippen LogP contribution >= 0.6 is 24.2 Å². The van der Waals surface area contributed by atoms with Crippen molar-refractivity contribution < 1.29 is 13.9 Å². The Bertz CT molecular complexity index is 965. The van der Waals surface area contributed by atoms with Crippen LogP contribution in [0.4, 0.5) is 4.39 Å². The Morgan fingerprint density at radius 3 is 2.41 bits per heavy atom. The molecular formula is C27H36ClFO2S. The molecule has 5 heteroatoms. The van der Waals surface area contributed by atoms with Gasteiger partial charge in [0.2, 0.25) is 0 Å². The highest BCUT2D eigenvalue weighted by molar-refractivity contribution is 7.80. The van der Waals surface area contributed by atoms with E-state index in [-0.39, 0.29) is 23.7 Å². The number of halogens is 2. The van der Waals surface area contributed by atoms with Crippen LogP contribution in [0.25, 0.3) is 0 Å². The average molecular weight is 479 g/mol. The van der Waals surface area contributed by atoms with Crippen molar-refractivity contribution in [3.05, 3.63) is 51.3 Å². The molecule has 176 valence electrons. The van der Waals surface area contributed by atoms with Gasteiger partial charge in [-0.1, -0.05) is 64.6 Å². The van der Waals surface area contributed by atoms with Crippen molar-refractivity contribution in [2.75, 3.05) is 7.11 Å². The molecule has 0 radical (unpaired) electrons. The zero-order valence-corrected chi connectivity index (χ0v) is 21.8. The van der Waals surface area contributed by atoms with Crippen LogP contribution in [0.3, 0.4) is 0 Å². The Labute approximate surface area is 203 Å². The number of benzene rings is 2. The summed E-state index contributed by atoms with van der Waals surface area (Å²) in [4.78, 5) is 0.744. The maximum Gasteiger partial charge on any atom is 0.173 e. The summed E-state index contributed by atoms with van der Waals surface area (Å²) >= 11 is 11.1. The number of rotatable bonds is 7. The van der Waals surface area contributed by atoms with Crippen LogP contribution in [-0.4, -0.2) is 7.11 Å². The van der Waals surface area contributed by atoms with Crippen molar-refractivity contribution >= 4 is 24.2 Å². The van der Waals surface area contributed by atoms with E-state index in [0.717, 1.165) is 16.0 Å². The highest BCUT2D eigenvalue weighted by Gasteiger charge is 2.34. The number of hydrogen-bond donors (Lipinski definition) is 1. The van der Waals surface area contributed by atoms with E-state index in [1.54, 1.807) is 6.07 Å². The first-order valence-electron chi connectivity index (χ1n) is 11.6. The second-order valence-electron chi connectivity index (χ2n) is 9.86. The van der Waals surface area contributed by atoms with E-state index in [0.29, 0.717) is 22.3 Å². The highest BCUT2D eigenvalue weighted by Crippen LogP contribution is 2.45. The Hall–Kier alpha value is -1.39. The molecule has 0 saturated heterocycles. The number of hydrogen-bond acceptors (Lipinski definition) is 3. The molecule has 2 aromatic carbocycles. The first-order valence-corrected chi connectivity index (χ1v) is 12.4. The fourth-order valence-electron chi connectivity index (χ4n) is 5.17.